The molecule has 0 saturated heterocycles. The smallest absolute Gasteiger partial charge is 0.293 e. The van der Waals surface area contributed by atoms with Crippen molar-refractivity contribution in [2.45, 2.75) is 19.4 Å². The SMILES string of the molecule is CCC(Nc1ccc(Br)cc1[N+](=O)[O-])c1nccs1. The predicted octanol–water partition coefficient (Wildman–Crippen LogP) is 4.38. The van der Waals surface area contributed by atoms with Crippen molar-refractivity contribution in [1.29, 1.82) is 0 Å². The van der Waals surface area contributed by atoms with Gasteiger partial charge in [-0.05, 0) is 18.6 Å². The number of thiazole rings is 1. The Balaban J connectivity index is 2.29. The molecule has 1 atom stereocenters. The van der Waals surface area contributed by atoms with Crippen LogP contribution in [0.1, 0.15) is 24.4 Å². The third-order valence-electron chi connectivity index (χ3n) is 2.64. The molecule has 0 aliphatic rings. The van der Waals surface area contributed by atoms with Crippen LogP contribution in [0.15, 0.2) is 34.2 Å². The molecule has 0 amide bonds. The molecule has 1 N–H and O–H groups in total. The molecule has 0 saturated carbocycles. The third kappa shape index (κ3) is 3.30. The lowest BCUT2D eigenvalue weighted by Gasteiger charge is -2.15. The zero-order valence-electron chi connectivity index (χ0n) is 10.2. The van der Waals surface area contributed by atoms with Crippen LogP contribution >= 0.6 is 27.3 Å². The highest BCUT2D eigenvalue weighted by Gasteiger charge is 2.19. The van der Waals surface area contributed by atoms with Crippen LogP contribution in [0.4, 0.5) is 11.4 Å². The van der Waals surface area contributed by atoms with Crippen LogP contribution in [0.25, 0.3) is 0 Å². The highest BCUT2D eigenvalue weighted by molar-refractivity contribution is 9.10. The fourth-order valence-electron chi connectivity index (χ4n) is 1.71. The topological polar surface area (TPSA) is 68.1 Å². The van der Waals surface area contributed by atoms with Crippen LogP contribution in [-0.4, -0.2) is 9.91 Å². The van der Waals surface area contributed by atoms with E-state index in [1.54, 1.807) is 18.3 Å². The molecule has 2 aromatic rings. The van der Waals surface area contributed by atoms with E-state index in [2.05, 4.69) is 26.2 Å². The number of nitrogens with zero attached hydrogens (tertiary/aromatic N) is 2. The number of anilines is 1. The van der Waals surface area contributed by atoms with Gasteiger partial charge in [0.05, 0.1) is 11.0 Å². The van der Waals surface area contributed by atoms with Crippen molar-refractivity contribution in [2.75, 3.05) is 5.32 Å². The van der Waals surface area contributed by atoms with Gasteiger partial charge in [-0.1, -0.05) is 22.9 Å². The number of nitrogens with one attached hydrogen (secondary N) is 1. The number of rotatable bonds is 5. The lowest BCUT2D eigenvalue weighted by molar-refractivity contribution is -0.384. The van der Waals surface area contributed by atoms with Gasteiger partial charge in [-0.25, -0.2) is 4.98 Å². The molecule has 2 rings (SSSR count). The molecule has 19 heavy (non-hydrogen) atoms. The Labute approximate surface area is 123 Å². The first kappa shape index (κ1) is 14.0. The fourth-order valence-corrected chi connectivity index (χ4v) is 2.83. The Morgan fingerprint density at radius 1 is 1.58 bits per heavy atom. The van der Waals surface area contributed by atoms with Crippen molar-refractivity contribution in [3.63, 3.8) is 0 Å². The van der Waals surface area contributed by atoms with Crippen LogP contribution < -0.4 is 5.32 Å². The first-order chi connectivity index (χ1) is 9.11. The lowest BCUT2D eigenvalue weighted by Crippen LogP contribution is -2.10. The van der Waals surface area contributed by atoms with Gasteiger partial charge < -0.3 is 5.32 Å². The standard InChI is InChI=1S/C12H12BrN3O2S/c1-2-9(12-14-5-6-19-12)15-10-4-3-8(13)7-11(10)16(17)18/h3-7,9,15H,2H2,1H3. The van der Waals surface area contributed by atoms with Gasteiger partial charge in [0, 0.05) is 22.1 Å². The molecule has 1 aromatic carbocycles. The molecule has 0 aliphatic heterocycles. The summed E-state index contributed by atoms with van der Waals surface area (Å²) in [4.78, 5) is 14.9. The lowest BCUT2D eigenvalue weighted by atomic mass is 10.2. The minimum atomic E-state index is -0.387. The summed E-state index contributed by atoms with van der Waals surface area (Å²) in [6.07, 6.45) is 2.54. The van der Waals surface area contributed by atoms with Crippen molar-refractivity contribution in [3.05, 3.63) is 49.4 Å². The molecule has 0 fully saturated rings. The largest absolute Gasteiger partial charge is 0.370 e. The van der Waals surface area contributed by atoms with Gasteiger partial charge in [0.25, 0.3) is 5.69 Å². The Morgan fingerprint density at radius 2 is 2.37 bits per heavy atom. The van der Waals surface area contributed by atoms with E-state index in [0.717, 1.165) is 11.4 Å². The Morgan fingerprint density at radius 3 is 2.95 bits per heavy atom. The van der Waals surface area contributed by atoms with Crippen molar-refractivity contribution in [1.82, 2.24) is 4.98 Å². The maximum atomic E-state index is 11.1. The van der Waals surface area contributed by atoms with Gasteiger partial charge >= 0.3 is 0 Å². The third-order valence-corrected chi connectivity index (χ3v) is 4.03. The van der Waals surface area contributed by atoms with E-state index in [1.807, 2.05) is 12.3 Å². The zero-order valence-corrected chi connectivity index (χ0v) is 12.6. The average molecular weight is 342 g/mol. The average Bonchev–Trinajstić information content (AvgIpc) is 2.90. The summed E-state index contributed by atoms with van der Waals surface area (Å²) in [6.45, 7) is 2.02. The summed E-state index contributed by atoms with van der Waals surface area (Å²) in [7, 11) is 0. The molecule has 7 heteroatoms. The van der Waals surface area contributed by atoms with Gasteiger partial charge in [-0.2, -0.15) is 0 Å². The molecule has 1 unspecified atom stereocenters. The molecule has 1 aromatic heterocycles. The second-order valence-corrected chi connectivity index (χ2v) is 5.74. The molecule has 1 heterocycles. The van der Waals surface area contributed by atoms with Crippen LogP contribution in [0, 0.1) is 10.1 Å². The quantitative estimate of drug-likeness (QED) is 0.647. The highest BCUT2D eigenvalue weighted by atomic mass is 79.9. The van der Waals surface area contributed by atoms with E-state index in [-0.39, 0.29) is 16.7 Å². The monoisotopic (exact) mass is 341 g/mol. The number of benzene rings is 1. The fraction of sp³-hybridized carbons (Fsp3) is 0.250. The normalized spacial score (nSPS) is 12.1. The molecule has 100 valence electrons. The molecular formula is C12H12BrN3O2S. The van der Waals surface area contributed by atoms with E-state index in [1.165, 1.54) is 17.4 Å². The first-order valence-electron chi connectivity index (χ1n) is 5.71. The molecule has 0 aliphatic carbocycles. The summed E-state index contributed by atoms with van der Waals surface area (Å²) in [5.41, 5.74) is 0.569. The molecule has 0 radical (unpaired) electrons. The predicted molar refractivity (Wildman–Crippen MR) is 79.6 cm³/mol. The Kier molecular flexibility index (Phi) is 4.49. The zero-order chi connectivity index (χ0) is 13.8. The summed E-state index contributed by atoms with van der Waals surface area (Å²) < 4.78 is 0.687. The Bertz CT molecular complexity index is 574. The number of hydrogen-bond acceptors (Lipinski definition) is 5. The van der Waals surface area contributed by atoms with Gasteiger partial charge in [-0.3, -0.25) is 10.1 Å². The maximum Gasteiger partial charge on any atom is 0.293 e. The van der Waals surface area contributed by atoms with Gasteiger partial charge in [0.2, 0.25) is 0 Å². The number of nitro groups is 1. The van der Waals surface area contributed by atoms with Crippen molar-refractivity contribution < 1.29 is 4.92 Å². The number of aromatic nitrogens is 1. The molecule has 5 nitrogen and oxygen atoms in total. The van der Waals surface area contributed by atoms with Gasteiger partial charge in [0.1, 0.15) is 10.7 Å². The maximum absolute atomic E-state index is 11.1. The van der Waals surface area contributed by atoms with E-state index in [0.29, 0.717) is 10.2 Å². The van der Waals surface area contributed by atoms with Crippen molar-refractivity contribution in [3.8, 4) is 0 Å². The minimum Gasteiger partial charge on any atom is -0.370 e. The summed E-state index contributed by atoms with van der Waals surface area (Å²) in [5.74, 6) is 0. The molecule has 0 bridgehead atoms. The second kappa shape index (κ2) is 6.12. The summed E-state index contributed by atoms with van der Waals surface area (Å²) in [5, 5.41) is 17.1. The van der Waals surface area contributed by atoms with E-state index >= 15 is 0 Å². The van der Waals surface area contributed by atoms with Gasteiger partial charge in [-0.15, -0.1) is 11.3 Å². The second-order valence-electron chi connectivity index (χ2n) is 3.89. The molecular weight excluding hydrogens is 330 g/mol. The summed E-state index contributed by atoms with van der Waals surface area (Å²) in [6, 6.07) is 4.97. The minimum absolute atomic E-state index is 0.0140. The van der Waals surface area contributed by atoms with Crippen molar-refractivity contribution in [2.24, 2.45) is 0 Å². The number of hydrogen-bond donors (Lipinski definition) is 1. The van der Waals surface area contributed by atoms with Crippen LogP contribution in [0.2, 0.25) is 0 Å². The van der Waals surface area contributed by atoms with E-state index < -0.39 is 0 Å². The Hall–Kier alpha value is -1.47. The number of halogens is 1. The van der Waals surface area contributed by atoms with Gasteiger partial charge in [0.15, 0.2) is 0 Å². The van der Waals surface area contributed by atoms with Crippen molar-refractivity contribution >= 4 is 38.6 Å². The van der Waals surface area contributed by atoms with Crippen LogP contribution in [0.5, 0.6) is 0 Å². The molecule has 0 spiro atoms. The number of nitro benzene ring substituents is 1. The van der Waals surface area contributed by atoms with Crippen LogP contribution in [0.3, 0.4) is 0 Å². The van der Waals surface area contributed by atoms with E-state index in [4.69, 9.17) is 0 Å². The van der Waals surface area contributed by atoms with E-state index in [9.17, 15) is 10.1 Å². The first-order valence-corrected chi connectivity index (χ1v) is 7.39. The van der Waals surface area contributed by atoms with Crippen LogP contribution in [-0.2, 0) is 0 Å². The highest BCUT2D eigenvalue weighted by Crippen LogP contribution is 2.32. The summed E-state index contributed by atoms with van der Waals surface area (Å²) >= 11 is 4.78.